The predicted octanol–water partition coefficient (Wildman–Crippen LogP) is 2.51. The van der Waals surface area contributed by atoms with Gasteiger partial charge in [0.15, 0.2) is 9.84 Å². The molecule has 9 heteroatoms. The molecule has 3 atom stereocenters. The van der Waals surface area contributed by atoms with Gasteiger partial charge in [0.1, 0.15) is 0 Å². The van der Waals surface area contributed by atoms with Crippen LogP contribution in [0.3, 0.4) is 0 Å². The smallest absolute Gasteiger partial charge is 0.319 e. The van der Waals surface area contributed by atoms with E-state index in [1.807, 2.05) is 6.07 Å². The molecule has 2 aromatic rings. The van der Waals surface area contributed by atoms with E-state index in [2.05, 4.69) is 15.6 Å². The average molecular weight is 432 g/mol. The molecule has 1 aliphatic carbocycles. The normalized spacial score (nSPS) is 23.9. The number of hydrogen-bond donors (Lipinski definition) is 2. The maximum Gasteiger partial charge on any atom is 0.319 e. The molecule has 4 rings (SSSR count). The first-order valence-corrected chi connectivity index (χ1v) is 11.6. The van der Waals surface area contributed by atoms with Crippen molar-refractivity contribution in [1.82, 2.24) is 10.3 Å². The highest BCUT2D eigenvalue weighted by molar-refractivity contribution is 7.92. The minimum absolute atomic E-state index is 0.00181. The zero-order chi connectivity index (χ0) is 21.0. The van der Waals surface area contributed by atoms with Crippen molar-refractivity contribution in [2.45, 2.75) is 48.2 Å². The molecule has 2 fully saturated rings. The molecular weight excluding hydrogens is 406 g/mol. The Hall–Kier alpha value is -2.49. The maximum atomic E-state index is 13.1. The highest BCUT2D eigenvalue weighted by Crippen LogP contribution is 2.33. The molecule has 2 heterocycles. The Bertz CT molecular complexity index is 966. The van der Waals surface area contributed by atoms with E-state index in [0.717, 1.165) is 5.56 Å². The lowest BCUT2D eigenvalue weighted by molar-refractivity contribution is -0.153. The summed E-state index contributed by atoms with van der Waals surface area (Å²) in [6.07, 6.45) is 4.89. The second-order valence-corrected chi connectivity index (χ2v) is 9.72. The van der Waals surface area contributed by atoms with Gasteiger partial charge < -0.3 is 20.1 Å². The van der Waals surface area contributed by atoms with E-state index in [1.165, 1.54) is 12.1 Å². The van der Waals surface area contributed by atoms with E-state index in [1.54, 1.807) is 30.6 Å². The van der Waals surface area contributed by atoms with Gasteiger partial charge in [-0.1, -0.05) is 6.07 Å². The summed E-state index contributed by atoms with van der Waals surface area (Å²) in [5.74, 6) is 0. The zero-order valence-electron chi connectivity index (χ0n) is 16.5. The van der Waals surface area contributed by atoms with Gasteiger partial charge in [0.25, 0.3) is 0 Å². The number of hydrogen-bond acceptors (Lipinski definition) is 6. The third-order valence-corrected chi connectivity index (χ3v) is 7.72. The number of sulfone groups is 1. The molecule has 2 amide bonds. The Labute approximate surface area is 175 Å². The van der Waals surface area contributed by atoms with E-state index in [-0.39, 0.29) is 23.1 Å². The lowest BCUT2D eigenvalue weighted by Gasteiger charge is -2.38. The number of aromatic nitrogens is 1. The van der Waals surface area contributed by atoms with Crippen LogP contribution in [0.15, 0.2) is 53.7 Å². The Morgan fingerprint density at radius 1 is 1.07 bits per heavy atom. The number of rotatable bonds is 5. The third-order valence-electron chi connectivity index (χ3n) is 5.49. The number of pyridine rings is 1. The standard InChI is InChI=1S/C21H25N3O5S/c25-21(23-14-15-2-1-9-22-13-15)24-16-3-5-17(6-4-16)30(26,27)18-7-8-19-20(12-18)29-11-10-28-19/h1-6,9,13,18-20H,7-8,10-12,14H2,(H2,23,24,25). The van der Waals surface area contributed by atoms with Crippen molar-refractivity contribution in [1.29, 1.82) is 0 Å². The number of amides is 2. The van der Waals surface area contributed by atoms with Crippen molar-refractivity contribution in [2.24, 2.45) is 0 Å². The Morgan fingerprint density at radius 3 is 2.57 bits per heavy atom. The molecule has 8 nitrogen and oxygen atoms in total. The highest BCUT2D eigenvalue weighted by Gasteiger charge is 2.40. The van der Waals surface area contributed by atoms with Crippen LogP contribution in [0.2, 0.25) is 0 Å². The topological polar surface area (TPSA) is 107 Å². The van der Waals surface area contributed by atoms with Crippen LogP contribution in [0.25, 0.3) is 0 Å². The highest BCUT2D eigenvalue weighted by atomic mass is 32.2. The number of ether oxygens (including phenoxy) is 2. The van der Waals surface area contributed by atoms with Gasteiger partial charge in [0.05, 0.1) is 35.6 Å². The van der Waals surface area contributed by atoms with Gasteiger partial charge in [-0.15, -0.1) is 0 Å². The molecule has 1 saturated carbocycles. The Balaban J connectivity index is 1.34. The summed E-state index contributed by atoms with van der Waals surface area (Å²) in [7, 11) is -3.47. The molecule has 0 bridgehead atoms. The van der Waals surface area contributed by atoms with Crippen molar-refractivity contribution in [3.8, 4) is 0 Å². The first kappa shape index (κ1) is 20.8. The van der Waals surface area contributed by atoms with Crippen LogP contribution in [0.4, 0.5) is 10.5 Å². The SMILES string of the molecule is O=C(NCc1cccnc1)Nc1ccc(S(=O)(=O)C2CCC3OCCOC3C2)cc1. The monoisotopic (exact) mass is 431 g/mol. The molecule has 1 aromatic heterocycles. The lowest BCUT2D eigenvalue weighted by Crippen LogP contribution is -2.46. The van der Waals surface area contributed by atoms with E-state index >= 15 is 0 Å². The summed E-state index contributed by atoms with van der Waals surface area (Å²) < 4.78 is 37.5. The summed E-state index contributed by atoms with van der Waals surface area (Å²) in [6.45, 7) is 1.43. The number of carbonyl (C=O) groups is 1. The van der Waals surface area contributed by atoms with Gasteiger partial charge in [-0.05, 0) is 55.2 Å². The largest absolute Gasteiger partial charge is 0.373 e. The van der Waals surface area contributed by atoms with Gasteiger partial charge in [-0.3, -0.25) is 4.98 Å². The fourth-order valence-corrected chi connectivity index (χ4v) is 5.68. The zero-order valence-corrected chi connectivity index (χ0v) is 17.3. The molecule has 0 spiro atoms. The molecule has 160 valence electrons. The lowest BCUT2D eigenvalue weighted by atomic mass is 9.93. The predicted molar refractivity (Wildman–Crippen MR) is 111 cm³/mol. The molecule has 2 aliphatic rings. The van der Waals surface area contributed by atoms with Crippen LogP contribution in [-0.2, 0) is 25.9 Å². The van der Waals surface area contributed by atoms with Gasteiger partial charge in [-0.2, -0.15) is 0 Å². The van der Waals surface area contributed by atoms with Crippen LogP contribution in [0.5, 0.6) is 0 Å². The first-order valence-electron chi connectivity index (χ1n) is 10.0. The van der Waals surface area contributed by atoms with Gasteiger partial charge in [-0.25, -0.2) is 13.2 Å². The van der Waals surface area contributed by atoms with E-state index in [4.69, 9.17) is 9.47 Å². The molecule has 1 aliphatic heterocycles. The van der Waals surface area contributed by atoms with Crippen LogP contribution in [0.1, 0.15) is 24.8 Å². The molecule has 1 saturated heterocycles. The second kappa shape index (κ2) is 9.11. The number of carbonyl (C=O) groups excluding carboxylic acids is 1. The summed E-state index contributed by atoms with van der Waals surface area (Å²) in [5, 5.41) is 4.96. The van der Waals surface area contributed by atoms with Crippen LogP contribution in [-0.4, -0.2) is 50.1 Å². The number of nitrogens with zero attached hydrogens (tertiary/aromatic N) is 1. The number of urea groups is 1. The number of benzene rings is 1. The quantitative estimate of drug-likeness (QED) is 0.753. The van der Waals surface area contributed by atoms with Gasteiger partial charge in [0, 0.05) is 24.6 Å². The summed E-state index contributed by atoms with van der Waals surface area (Å²) in [6, 6.07) is 9.57. The van der Waals surface area contributed by atoms with Crippen molar-refractivity contribution in [3.63, 3.8) is 0 Å². The fourth-order valence-electron chi connectivity index (χ4n) is 3.89. The van der Waals surface area contributed by atoms with Gasteiger partial charge >= 0.3 is 6.03 Å². The van der Waals surface area contributed by atoms with Crippen LogP contribution < -0.4 is 10.6 Å². The Morgan fingerprint density at radius 2 is 1.83 bits per heavy atom. The van der Waals surface area contributed by atoms with E-state index in [9.17, 15) is 13.2 Å². The summed E-state index contributed by atoms with van der Waals surface area (Å²) in [5.41, 5.74) is 1.40. The summed E-state index contributed by atoms with van der Waals surface area (Å²) >= 11 is 0. The van der Waals surface area contributed by atoms with Gasteiger partial charge in [0.2, 0.25) is 0 Å². The molecule has 2 N–H and O–H groups in total. The molecule has 1 aromatic carbocycles. The third kappa shape index (κ3) is 4.80. The van der Waals surface area contributed by atoms with Crippen LogP contribution >= 0.6 is 0 Å². The first-order chi connectivity index (χ1) is 14.5. The van der Waals surface area contributed by atoms with Crippen molar-refractivity contribution < 1.29 is 22.7 Å². The van der Waals surface area contributed by atoms with E-state index < -0.39 is 15.1 Å². The summed E-state index contributed by atoms with van der Waals surface area (Å²) in [4.78, 5) is 16.3. The second-order valence-electron chi connectivity index (χ2n) is 7.49. The number of anilines is 1. The molecule has 3 unspecified atom stereocenters. The fraction of sp³-hybridized carbons (Fsp3) is 0.429. The number of nitrogens with one attached hydrogen (secondary N) is 2. The number of fused-ring (bicyclic) bond motifs is 1. The maximum absolute atomic E-state index is 13.1. The van der Waals surface area contributed by atoms with Crippen molar-refractivity contribution >= 4 is 21.6 Å². The van der Waals surface area contributed by atoms with E-state index in [0.29, 0.717) is 44.7 Å². The molecule has 30 heavy (non-hydrogen) atoms. The van der Waals surface area contributed by atoms with Crippen molar-refractivity contribution in [2.75, 3.05) is 18.5 Å². The minimum Gasteiger partial charge on any atom is -0.373 e. The Kier molecular flexibility index (Phi) is 6.31. The van der Waals surface area contributed by atoms with Crippen molar-refractivity contribution in [3.05, 3.63) is 54.4 Å². The minimum atomic E-state index is -3.47. The molecular formula is C21H25N3O5S. The molecule has 0 radical (unpaired) electrons. The average Bonchev–Trinajstić information content (AvgIpc) is 2.78. The van der Waals surface area contributed by atoms with Crippen LogP contribution in [0, 0.1) is 0 Å².